The number of nitrogens with zero attached hydrogens (tertiary/aromatic N) is 3. The van der Waals surface area contributed by atoms with Gasteiger partial charge in [0, 0.05) is 29.4 Å². The topological polar surface area (TPSA) is 107 Å². The second kappa shape index (κ2) is 7.28. The molecule has 4 aromatic rings. The first-order valence-corrected chi connectivity index (χ1v) is 9.45. The molecule has 29 heavy (non-hydrogen) atoms. The number of nitro benzene ring substituents is 1. The van der Waals surface area contributed by atoms with Gasteiger partial charge in [0.2, 0.25) is 0 Å². The average molecular weight is 406 g/mol. The molecule has 0 radical (unpaired) electrons. The zero-order valence-corrected chi connectivity index (χ0v) is 16.0. The van der Waals surface area contributed by atoms with Crippen LogP contribution in [0.1, 0.15) is 15.9 Å². The maximum Gasteiger partial charge on any atom is 0.271 e. The van der Waals surface area contributed by atoms with Crippen molar-refractivity contribution >= 4 is 33.6 Å². The Balaban J connectivity index is 1.73. The fourth-order valence-corrected chi connectivity index (χ4v) is 3.81. The number of nitro groups is 1. The van der Waals surface area contributed by atoms with Gasteiger partial charge in [0.15, 0.2) is 4.96 Å². The summed E-state index contributed by atoms with van der Waals surface area (Å²) in [7, 11) is 0. The van der Waals surface area contributed by atoms with Crippen LogP contribution in [-0.4, -0.2) is 20.2 Å². The molecule has 0 spiro atoms. The summed E-state index contributed by atoms with van der Waals surface area (Å²) < 4.78 is 1.41. The summed E-state index contributed by atoms with van der Waals surface area (Å²) in [5, 5.41) is 15.3. The van der Waals surface area contributed by atoms with E-state index in [1.807, 2.05) is 35.7 Å². The molecule has 9 heteroatoms. The molecule has 0 saturated heterocycles. The van der Waals surface area contributed by atoms with E-state index in [2.05, 4.69) is 10.3 Å². The van der Waals surface area contributed by atoms with Crippen molar-refractivity contribution in [1.29, 1.82) is 0 Å². The highest BCUT2D eigenvalue weighted by atomic mass is 32.1. The molecule has 0 fully saturated rings. The number of aromatic nitrogens is 2. The molecule has 2 heterocycles. The SMILES string of the molecule is Cc1cc([N+](=O)[O-])ccc1NC(=O)c1cnc2scc(-c3ccccc3)n2c1=O. The highest BCUT2D eigenvalue weighted by Crippen LogP contribution is 2.24. The van der Waals surface area contributed by atoms with Crippen LogP contribution in [0, 0.1) is 17.0 Å². The van der Waals surface area contributed by atoms with E-state index in [4.69, 9.17) is 0 Å². The lowest BCUT2D eigenvalue weighted by Gasteiger charge is -2.08. The maximum absolute atomic E-state index is 13.0. The lowest BCUT2D eigenvalue weighted by Crippen LogP contribution is -2.26. The Kier molecular flexibility index (Phi) is 4.65. The first kappa shape index (κ1) is 18.5. The smallest absolute Gasteiger partial charge is 0.271 e. The Hall–Kier alpha value is -3.85. The van der Waals surface area contributed by atoms with Crippen LogP contribution in [0.25, 0.3) is 16.2 Å². The van der Waals surface area contributed by atoms with Gasteiger partial charge in [-0.1, -0.05) is 30.3 Å². The summed E-state index contributed by atoms with van der Waals surface area (Å²) >= 11 is 1.31. The fraction of sp³-hybridized carbons (Fsp3) is 0.0500. The Morgan fingerprint density at radius 2 is 1.97 bits per heavy atom. The largest absolute Gasteiger partial charge is 0.322 e. The molecule has 8 nitrogen and oxygen atoms in total. The van der Waals surface area contributed by atoms with Crippen LogP contribution in [0.5, 0.6) is 0 Å². The van der Waals surface area contributed by atoms with Gasteiger partial charge in [0.05, 0.1) is 10.6 Å². The molecule has 0 aliphatic carbocycles. The molecule has 2 aromatic carbocycles. The third kappa shape index (κ3) is 3.39. The third-order valence-electron chi connectivity index (χ3n) is 4.43. The Morgan fingerprint density at radius 1 is 1.21 bits per heavy atom. The second-order valence-corrected chi connectivity index (χ2v) is 7.13. The lowest BCUT2D eigenvalue weighted by molar-refractivity contribution is -0.384. The van der Waals surface area contributed by atoms with Crippen molar-refractivity contribution in [3.05, 3.63) is 91.7 Å². The quantitative estimate of drug-likeness (QED) is 0.409. The summed E-state index contributed by atoms with van der Waals surface area (Å²) in [6.45, 7) is 1.64. The maximum atomic E-state index is 13.0. The van der Waals surface area contributed by atoms with E-state index in [-0.39, 0.29) is 11.3 Å². The third-order valence-corrected chi connectivity index (χ3v) is 5.27. The number of hydrogen-bond donors (Lipinski definition) is 1. The normalized spacial score (nSPS) is 10.8. The van der Waals surface area contributed by atoms with Crippen molar-refractivity contribution in [3.63, 3.8) is 0 Å². The number of hydrogen-bond acceptors (Lipinski definition) is 6. The predicted molar refractivity (Wildman–Crippen MR) is 111 cm³/mol. The van der Waals surface area contributed by atoms with Gasteiger partial charge >= 0.3 is 0 Å². The number of nitrogens with one attached hydrogen (secondary N) is 1. The number of carbonyl (C=O) groups excluding carboxylic acids is 1. The fourth-order valence-electron chi connectivity index (χ4n) is 2.95. The van der Waals surface area contributed by atoms with E-state index in [1.54, 1.807) is 6.92 Å². The van der Waals surface area contributed by atoms with Crippen molar-refractivity contribution in [2.75, 3.05) is 5.32 Å². The summed E-state index contributed by atoms with van der Waals surface area (Å²) in [6.07, 6.45) is 1.25. The van der Waals surface area contributed by atoms with Gasteiger partial charge in [0.25, 0.3) is 17.2 Å². The molecule has 0 saturated carbocycles. The van der Waals surface area contributed by atoms with Gasteiger partial charge in [0.1, 0.15) is 5.56 Å². The number of rotatable bonds is 4. The van der Waals surface area contributed by atoms with E-state index < -0.39 is 16.4 Å². The summed E-state index contributed by atoms with van der Waals surface area (Å²) in [5.74, 6) is -0.626. The summed E-state index contributed by atoms with van der Waals surface area (Å²) in [6, 6.07) is 13.5. The number of fused-ring (bicyclic) bond motifs is 1. The van der Waals surface area contributed by atoms with Crippen LogP contribution in [0.4, 0.5) is 11.4 Å². The number of amides is 1. The minimum Gasteiger partial charge on any atom is -0.322 e. The van der Waals surface area contributed by atoms with Crippen LogP contribution >= 0.6 is 11.3 Å². The van der Waals surface area contributed by atoms with Crippen molar-refractivity contribution in [2.45, 2.75) is 6.92 Å². The van der Waals surface area contributed by atoms with Crippen LogP contribution in [0.15, 0.2) is 64.9 Å². The van der Waals surface area contributed by atoms with E-state index in [0.717, 1.165) is 5.56 Å². The van der Waals surface area contributed by atoms with Crippen molar-refractivity contribution in [2.24, 2.45) is 0 Å². The van der Waals surface area contributed by atoms with E-state index in [9.17, 15) is 19.7 Å². The number of benzene rings is 2. The average Bonchev–Trinajstić information content (AvgIpc) is 3.15. The van der Waals surface area contributed by atoms with Crippen molar-refractivity contribution in [1.82, 2.24) is 9.38 Å². The van der Waals surface area contributed by atoms with E-state index in [1.165, 1.54) is 40.1 Å². The van der Waals surface area contributed by atoms with Crippen molar-refractivity contribution < 1.29 is 9.72 Å². The zero-order chi connectivity index (χ0) is 20.5. The van der Waals surface area contributed by atoms with Crippen LogP contribution in [-0.2, 0) is 0 Å². The molecule has 144 valence electrons. The Labute approximate surface area is 168 Å². The first-order valence-electron chi connectivity index (χ1n) is 8.57. The molecule has 0 atom stereocenters. The Bertz CT molecular complexity index is 1310. The van der Waals surface area contributed by atoms with Gasteiger partial charge in [-0.25, -0.2) is 4.98 Å². The molecule has 0 bridgehead atoms. The minimum absolute atomic E-state index is 0.0746. The van der Waals surface area contributed by atoms with Crippen LogP contribution < -0.4 is 10.9 Å². The van der Waals surface area contributed by atoms with E-state index >= 15 is 0 Å². The molecule has 0 aliphatic rings. The summed E-state index contributed by atoms with van der Waals surface area (Å²) in [5.41, 5.74) is 1.73. The van der Waals surface area contributed by atoms with Gasteiger partial charge in [-0.05, 0) is 24.1 Å². The number of aryl methyl sites for hydroxylation is 1. The zero-order valence-electron chi connectivity index (χ0n) is 15.2. The first-order chi connectivity index (χ1) is 14.0. The van der Waals surface area contributed by atoms with Crippen LogP contribution in [0.3, 0.4) is 0 Å². The van der Waals surface area contributed by atoms with Crippen molar-refractivity contribution in [3.8, 4) is 11.3 Å². The van der Waals surface area contributed by atoms with Crippen LogP contribution in [0.2, 0.25) is 0 Å². The molecule has 1 N–H and O–H groups in total. The van der Waals surface area contributed by atoms with Gasteiger partial charge < -0.3 is 5.32 Å². The van der Waals surface area contributed by atoms with E-state index in [0.29, 0.717) is 21.9 Å². The second-order valence-electron chi connectivity index (χ2n) is 6.29. The van der Waals surface area contributed by atoms with Gasteiger partial charge in [-0.3, -0.25) is 24.1 Å². The highest BCUT2D eigenvalue weighted by Gasteiger charge is 2.18. The lowest BCUT2D eigenvalue weighted by atomic mass is 10.1. The molecular weight excluding hydrogens is 392 g/mol. The predicted octanol–water partition coefficient (Wildman–Crippen LogP) is 3.89. The highest BCUT2D eigenvalue weighted by molar-refractivity contribution is 7.15. The number of non-ortho nitro benzene ring substituents is 1. The molecule has 4 rings (SSSR count). The van der Waals surface area contributed by atoms with Gasteiger partial charge in [-0.15, -0.1) is 11.3 Å². The minimum atomic E-state index is -0.626. The Morgan fingerprint density at radius 3 is 2.66 bits per heavy atom. The van der Waals surface area contributed by atoms with Gasteiger partial charge in [-0.2, -0.15) is 0 Å². The molecule has 2 aromatic heterocycles. The number of carbonyl (C=O) groups is 1. The number of thiazole rings is 1. The monoisotopic (exact) mass is 406 g/mol. The molecule has 1 amide bonds. The molecule has 0 unspecified atom stereocenters. The summed E-state index contributed by atoms with van der Waals surface area (Å²) in [4.78, 5) is 40.8. The molecule has 0 aliphatic heterocycles. The standard InChI is InChI=1S/C20H14N4O4S/c1-12-9-14(24(27)28)7-8-16(12)22-18(25)15-10-21-20-23(19(15)26)17(11-29-20)13-5-3-2-4-6-13/h2-11H,1H3,(H,22,25). The molecular formula is C20H14N4O4S. The number of anilines is 1.